The highest BCUT2D eigenvalue weighted by molar-refractivity contribution is 14.0. The summed E-state index contributed by atoms with van der Waals surface area (Å²) in [5.74, 6) is 0.739. The van der Waals surface area contributed by atoms with Gasteiger partial charge in [-0.15, -0.1) is 24.0 Å². The molecule has 2 unspecified atom stereocenters. The van der Waals surface area contributed by atoms with E-state index in [1.807, 2.05) is 26.8 Å². The SMILES string of the molecule is CCNC(=NCC(C)CO)NC1CCCN(c2cc(C)ccc2F)C1.I. The number of halogens is 2. The average molecular weight is 478 g/mol. The molecule has 0 aliphatic carbocycles. The van der Waals surface area contributed by atoms with Gasteiger partial charge in [-0.1, -0.05) is 13.0 Å². The van der Waals surface area contributed by atoms with Crippen molar-refractivity contribution in [2.75, 3.05) is 37.7 Å². The Morgan fingerprint density at radius 1 is 1.46 bits per heavy atom. The molecule has 1 aromatic rings. The summed E-state index contributed by atoms with van der Waals surface area (Å²) in [4.78, 5) is 6.66. The maximum absolute atomic E-state index is 14.2. The second-order valence-corrected chi connectivity index (χ2v) is 6.89. The zero-order valence-electron chi connectivity index (χ0n) is 16.0. The molecule has 0 saturated carbocycles. The Labute approximate surface area is 173 Å². The zero-order chi connectivity index (χ0) is 18.2. The number of anilines is 1. The van der Waals surface area contributed by atoms with Gasteiger partial charge in [-0.2, -0.15) is 0 Å². The minimum absolute atomic E-state index is 0. The van der Waals surface area contributed by atoms with Crippen LogP contribution in [-0.4, -0.2) is 49.9 Å². The molecule has 2 rings (SSSR count). The van der Waals surface area contributed by atoms with Crippen molar-refractivity contribution in [3.8, 4) is 0 Å². The third-order valence-electron chi connectivity index (χ3n) is 4.42. The van der Waals surface area contributed by atoms with Crippen LogP contribution in [0.25, 0.3) is 0 Å². The van der Waals surface area contributed by atoms with E-state index in [4.69, 9.17) is 5.11 Å². The fourth-order valence-corrected chi connectivity index (χ4v) is 3.00. The number of hydrogen-bond acceptors (Lipinski definition) is 3. The van der Waals surface area contributed by atoms with E-state index in [1.54, 1.807) is 12.1 Å². The van der Waals surface area contributed by atoms with Crippen molar-refractivity contribution in [2.45, 2.75) is 39.7 Å². The monoisotopic (exact) mass is 478 g/mol. The Kier molecular flexibility index (Phi) is 10.2. The van der Waals surface area contributed by atoms with Gasteiger partial charge in [0, 0.05) is 38.8 Å². The summed E-state index contributed by atoms with van der Waals surface area (Å²) in [7, 11) is 0. The predicted molar refractivity (Wildman–Crippen MR) is 117 cm³/mol. The van der Waals surface area contributed by atoms with Crippen molar-refractivity contribution >= 4 is 35.6 Å². The van der Waals surface area contributed by atoms with Crippen molar-refractivity contribution in [2.24, 2.45) is 10.9 Å². The van der Waals surface area contributed by atoms with Gasteiger partial charge in [-0.25, -0.2) is 4.39 Å². The zero-order valence-corrected chi connectivity index (χ0v) is 18.3. The van der Waals surface area contributed by atoms with Crippen molar-refractivity contribution in [1.82, 2.24) is 10.6 Å². The molecule has 7 heteroatoms. The van der Waals surface area contributed by atoms with E-state index in [0.29, 0.717) is 12.2 Å². The smallest absolute Gasteiger partial charge is 0.191 e. The Hall–Kier alpha value is -1.09. The fraction of sp³-hybridized carbons (Fsp3) is 0.632. The highest BCUT2D eigenvalue weighted by Gasteiger charge is 2.23. The molecule has 0 aromatic heterocycles. The molecule has 0 bridgehead atoms. The summed E-state index contributed by atoms with van der Waals surface area (Å²) in [5, 5.41) is 15.9. The Balaban J connectivity index is 0.00000338. The van der Waals surface area contributed by atoms with Gasteiger partial charge in [0.15, 0.2) is 5.96 Å². The molecule has 1 saturated heterocycles. The second-order valence-electron chi connectivity index (χ2n) is 6.89. The largest absolute Gasteiger partial charge is 0.396 e. The van der Waals surface area contributed by atoms with Crippen LogP contribution in [0.5, 0.6) is 0 Å². The van der Waals surface area contributed by atoms with Crippen molar-refractivity contribution < 1.29 is 9.50 Å². The summed E-state index contributed by atoms with van der Waals surface area (Å²) in [6.45, 7) is 9.09. The quantitative estimate of drug-likeness (QED) is 0.335. The molecule has 1 heterocycles. The summed E-state index contributed by atoms with van der Waals surface area (Å²) in [6, 6.07) is 5.48. The number of guanidine groups is 1. The normalized spacial score (nSPS) is 18.9. The predicted octanol–water partition coefficient (Wildman–Crippen LogP) is 2.90. The molecule has 3 N–H and O–H groups in total. The third kappa shape index (κ3) is 6.90. The first kappa shape index (κ1) is 23.0. The Bertz CT molecular complexity index is 585. The van der Waals surface area contributed by atoms with E-state index in [2.05, 4.69) is 20.5 Å². The van der Waals surface area contributed by atoms with Crippen molar-refractivity contribution in [1.29, 1.82) is 0 Å². The molecule has 2 atom stereocenters. The number of aliphatic hydroxyl groups excluding tert-OH is 1. The lowest BCUT2D eigenvalue weighted by atomic mass is 10.0. The van der Waals surface area contributed by atoms with E-state index in [-0.39, 0.29) is 48.4 Å². The van der Waals surface area contributed by atoms with Crippen LogP contribution >= 0.6 is 24.0 Å². The first-order valence-electron chi connectivity index (χ1n) is 9.20. The minimum atomic E-state index is -0.163. The molecule has 0 amide bonds. The lowest BCUT2D eigenvalue weighted by molar-refractivity contribution is 0.241. The average Bonchev–Trinajstić information content (AvgIpc) is 2.62. The molecular formula is C19H32FIN4O. The summed E-state index contributed by atoms with van der Waals surface area (Å²) >= 11 is 0. The van der Waals surface area contributed by atoms with Gasteiger partial charge in [-0.3, -0.25) is 4.99 Å². The van der Waals surface area contributed by atoms with E-state index < -0.39 is 0 Å². The van der Waals surface area contributed by atoms with E-state index >= 15 is 0 Å². The maximum Gasteiger partial charge on any atom is 0.191 e. The number of nitrogens with one attached hydrogen (secondary N) is 2. The van der Waals surface area contributed by atoms with Crippen LogP contribution < -0.4 is 15.5 Å². The molecule has 1 aromatic carbocycles. The third-order valence-corrected chi connectivity index (χ3v) is 4.42. The molecule has 0 spiro atoms. The number of benzene rings is 1. The molecule has 0 radical (unpaired) electrons. The van der Waals surface area contributed by atoms with Gasteiger partial charge in [0.25, 0.3) is 0 Å². The second kappa shape index (κ2) is 11.6. The summed E-state index contributed by atoms with van der Waals surface area (Å²) in [6.07, 6.45) is 2.04. The summed E-state index contributed by atoms with van der Waals surface area (Å²) in [5.41, 5.74) is 1.75. The number of aliphatic hydroxyl groups is 1. The van der Waals surface area contributed by atoms with Crippen LogP contribution in [0.3, 0.4) is 0 Å². The highest BCUT2D eigenvalue weighted by Crippen LogP contribution is 2.24. The topological polar surface area (TPSA) is 59.9 Å². The van der Waals surface area contributed by atoms with Gasteiger partial charge in [0.05, 0.1) is 5.69 Å². The van der Waals surface area contributed by atoms with Crippen LogP contribution in [0.2, 0.25) is 0 Å². The first-order valence-corrected chi connectivity index (χ1v) is 9.20. The van der Waals surface area contributed by atoms with Gasteiger partial charge < -0.3 is 20.6 Å². The van der Waals surface area contributed by atoms with Gasteiger partial charge in [0.1, 0.15) is 5.82 Å². The molecule has 1 aliphatic heterocycles. The van der Waals surface area contributed by atoms with Gasteiger partial charge in [-0.05, 0) is 50.3 Å². The summed E-state index contributed by atoms with van der Waals surface area (Å²) < 4.78 is 14.2. The molecule has 5 nitrogen and oxygen atoms in total. The van der Waals surface area contributed by atoms with Crippen LogP contribution in [0.1, 0.15) is 32.3 Å². The van der Waals surface area contributed by atoms with E-state index in [0.717, 1.165) is 44.0 Å². The maximum atomic E-state index is 14.2. The van der Waals surface area contributed by atoms with Crippen LogP contribution in [0, 0.1) is 18.7 Å². The molecule has 26 heavy (non-hydrogen) atoms. The van der Waals surface area contributed by atoms with Crippen LogP contribution in [0.15, 0.2) is 23.2 Å². The van der Waals surface area contributed by atoms with Crippen LogP contribution in [0.4, 0.5) is 10.1 Å². The number of aryl methyl sites for hydroxylation is 1. The fourth-order valence-electron chi connectivity index (χ4n) is 3.00. The number of aliphatic imine (C=N–C) groups is 1. The molecule has 1 fully saturated rings. The molecule has 148 valence electrons. The molecule has 1 aliphatic rings. The lowest BCUT2D eigenvalue weighted by Gasteiger charge is -2.35. The Morgan fingerprint density at radius 2 is 2.23 bits per heavy atom. The van der Waals surface area contributed by atoms with E-state index in [9.17, 15) is 4.39 Å². The highest BCUT2D eigenvalue weighted by atomic mass is 127. The number of nitrogens with zero attached hydrogens (tertiary/aromatic N) is 2. The standard InChI is InChI=1S/C19H31FN4O.HI/c1-4-21-19(22-11-15(3)13-25)23-16-6-5-9-24(12-16)18-10-14(2)7-8-17(18)20;/h7-8,10,15-16,25H,4-6,9,11-13H2,1-3H3,(H2,21,22,23);1H. The van der Waals surface area contributed by atoms with Crippen molar-refractivity contribution in [3.05, 3.63) is 29.6 Å². The molecular weight excluding hydrogens is 446 g/mol. The van der Waals surface area contributed by atoms with Gasteiger partial charge >= 0.3 is 0 Å². The number of hydrogen-bond donors (Lipinski definition) is 3. The van der Waals surface area contributed by atoms with E-state index in [1.165, 1.54) is 0 Å². The minimum Gasteiger partial charge on any atom is -0.396 e. The van der Waals surface area contributed by atoms with Gasteiger partial charge in [0.2, 0.25) is 0 Å². The van der Waals surface area contributed by atoms with Crippen LogP contribution in [-0.2, 0) is 0 Å². The first-order chi connectivity index (χ1) is 12.0. The lowest BCUT2D eigenvalue weighted by Crippen LogP contribution is -2.51. The van der Waals surface area contributed by atoms with Crippen molar-refractivity contribution in [3.63, 3.8) is 0 Å². The number of piperidine rings is 1. The Morgan fingerprint density at radius 3 is 2.92 bits per heavy atom. The number of rotatable bonds is 6.